The number of carbonyl (C=O) groups is 1. The highest BCUT2D eigenvalue weighted by Gasteiger charge is 2.14. The van der Waals surface area contributed by atoms with Crippen LogP contribution in [-0.2, 0) is 17.8 Å². The van der Waals surface area contributed by atoms with E-state index in [4.69, 9.17) is 23.7 Å². The number of amides is 1. The number of carbonyl (C=O) groups excluding carboxylic acids is 1. The van der Waals surface area contributed by atoms with Crippen LogP contribution in [-0.4, -0.2) is 33.1 Å². The second-order valence-electron chi connectivity index (χ2n) is 8.33. The molecule has 0 unspecified atom stereocenters. The first-order valence-corrected chi connectivity index (χ1v) is 11.7. The number of benzene rings is 3. The molecule has 3 aromatic rings. The van der Waals surface area contributed by atoms with Gasteiger partial charge in [-0.1, -0.05) is 12.1 Å². The summed E-state index contributed by atoms with van der Waals surface area (Å²) in [6.45, 7) is 2.64. The van der Waals surface area contributed by atoms with E-state index in [9.17, 15) is 4.79 Å². The molecule has 0 atom stereocenters. The molecule has 0 saturated carbocycles. The number of aryl methyl sites for hydroxylation is 2. The first-order chi connectivity index (χ1) is 17.6. The summed E-state index contributed by atoms with van der Waals surface area (Å²) in [5.74, 6) is 3.33. The minimum atomic E-state index is -0.131. The molecule has 8 heteroatoms. The van der Waals surface area contributed by atoms with Crippen LogP contribution < -0.4 is 29.1 Å². The highest BCUT2D eigenvalue weighted by Crippen LogP contribution is 2.33. The lowest BCUT2D eigenvalue weighted by Gasteiger charge is -2.11. The predicted molar refractivity (Wildman–Crippen MR) is 136 cm³/mol. The van der Waals surface area contributed by atoms with E-state index in [0.29, 0.717) is 30.3 Å². The van der Waals surface area contributed by atoms with Crippen molar-refractivity contribution in [1.82, 2.24) is 5.43 Å². The Morgan fingerprint density at radius 1 is 1.00 bits per heavy atom. The quantitative estimate of drug-likeness (QED) is 0.307. The first-order valence-electron chi connectivity index (χ1n) is 11.7. The van der Waals surface area contributed by atoms with Crippen LogP contribution in [0, 0.1) is 6.92 Å². The van der Waals surface area contributed by atoms with Crippen LogP contribution in [0.4, 0.5) is 0 Å². The molecule has 0 aliphatic carbocycles. The van der Waals surface area contributed by atoms with Gasteiger partial charge in [-0.15, -0.1) is 0 Å². The van der Waals surface area contributed by atoms with Gasteiger partial charge in [-0.25, -0.2) is 5.43 Å². The Morgan fingerprint density at radius 3 is 2.67 bits per heavy atom. The van der Waals surface area contributed by atoms with Crippen molar-refractivity contribution in [3.05, 3.63) is 76.9 Å². The van der Waals surface area contributed by atoms with Crippen LogP contribution in [0.5, 0.6) is 28.7 Å². The molecular weight excluding hydrogens is 460 g/mol. The summed E-state index contributed by atoms with van der Waals surface area (Å²) in [5.41, 5.74) is 6.68. The van der Waals surface area contributed by atoms with Gasteiger partial charge in [0.15, 0.2) is 23.0 Å². The number of hydrazone groups is 1. The summed E-state index contributed by atoms with van der Waals surface area (Å²) >= 11 is 0. The topological polar surface area (TPSA) is 87.6 Å². The maximum atomic E-state index is 12.2. The molecule has 188 valence electrons. The zero-order chi connectivity index (χ0) is 25.3. The van der Waals surface area contributed by atoms with Crippen molar-refractivity contribution in [3.63, 3.8) is 0 Å². The van der Waals surface area contributed by atoms with Crippen molar-refractivity contribution in [2.45, 2.75) is 32.8 Å². The van der Waals surface area contributed by atoms with E-state index in [1.54, 1.807) is 26.5 Å². The van der Waals surface area contributed by atoms with Gasteiger partial charge in [0, 0.05) is 6.42 Å². The Hall–Kier alpha value is -4.20. The van der Waals surface area contributed by atoms with Crippen molar-refractivity contribution in [2.24, 2.45) is 5.10 Å². The van der Waals surface area contributed by atoms with E-state index in [2.05, 4.69) is 10.5 Å². The largest absolute Gasteiger partial charge is 0.497 e. The second kappa shape index (κ2) is 12.0. The molecular formula is C28H30N2O6. The van der Waals surface area contributed by atoms with Crippen molar-refractivity contribution in [2.75, 3.05) is 21.0 Å². The normalized spacial score (nSPS) is 12.0. The van der Waals surface area contributed by atoms with Gasteiger partial charge in [-0.05, 0) is 84.5 Å². The standard InChI is InChI=1S/C28H30N2O6/c1-19-13-23(32-2)10-9-22(19)5-4-6-28(31)30-29-16-20-7-11-24(26(14-20)33-3)34-17-21-8-12-25-27(15-21)36-18-35-25/h7-16H,4-6,17-18H2,1-3H3,(H,30,31)/b29-16-. The SMILES string of the molecule is COc1ccc(CCCC(=O)N/N=C\c2ccc(OCc3ccc4c(c3)OCO4)c(OC)c2)c(C)c1. The summed E-state index contributed by atoms with van der Waals surface area (Å²) in [7, 11) is 3.23. The molecule has 1 heterocycles. The molecule has 0 fully saturated rings. The molecule has 8 nitrogen and oxygen atoms in total. The summed E-state index contributed by atoms with van der Waals surface area (Å²) in [4.78, 5) is 12.2. The van der Waals surface area contributed by atoms with Crippen molar-refractivity contribution in [3.8, 4) is 28.7 Å². The van der Waals surface area contributed by atoms with Gasteiger partial charge in [0.1, 0.15) is 12.4 Å². The molecule has 0 bridgehead atoms. The number of rotatable bonds is 11. The van der Waals surface area contributed by atoms with Gasteiger partial charge in [0.2, 0.25) is 12.7 Å². The van der Waals surface area contributed by atoms with E-state index < -0.39 is 0 Å². The Labute approximate surface area is 210 Å². The van der Waals surface area contributed by atoms with E-state index in [1.807, 2.05) is 55.5 Å². The van der Waals surface area contributed by atoms with Crippen LogP contribution in [0.3, 0.4) is 0 Å². The lowest BCUT2D eigenvalue weighted by molar-refractivity contribution is -0.121. The third-order valence-corrected chi connectivity index (χ3v) is 5.82. The van der Waals surface area contributed by atoms with Crippen molar-refractivity contribution in [1.29, 1.82) is 0 Å². The third-order valence-electron chi connectivity index (χ3n) is 5.82. The van der Waals surface area contributed by atoms with E-state index in [1.165, 1.54) is 5.56 Å². The Balaban J connectivity index is 1.25. The highest BCUT2D eigenvalue weighted by atomic mass is 16.7. The minimum Gasteiger partial charge on any atom is -0.497 e. The second-order valence-corrected chi connectivity index (χ2v) is 8.33. The number of nitrogens with zero attached hydrogens (tertiary/aromatic N) is 1. The average molecular weight is 491 g/mol. The molecule has 1 aliphatic rings. The van der Waals surface area contributed by atoms with Crippen LogP contribution in [0.25, 0.3) is 0 Å². The molecule has 0 radical (unpaired) electrons. The van der Waals surface area contributed by atoms with Crippen LogP contribution >= 0.6 is 0 Å². The fourth-order valence-electron chi connectivity index (χ4n) is 3.83. The van der Waals surface area contributed by atoms with Crippen LogP contribution in [0.1, 0.15) is 35.1 Å². The first kappa shape index (κ1) is 24.9. The summed E-state index contributed by atoms with van der Waals surface area (Å²) in [6.07, 6.45) is 3.52. The van der Waals surface area contributed by atoms with Crippen LogP contribution in [0.15, 0.2) is 59.7 Å². The molecule has 1 amide bonds. The van der Waals surface area contributed by atoms with Gasteiger partial charge < -0.3 is 23.7 Å². The number of hydrogen-bond donors (Lipinski definition) is 1. The number of methoxy groups -OCH3 is 2. The molecule has 36 heavy (non-hydrogen) atoms. The van der Waals surface area contributed by atoms with Gasteiger partial charge in [-0.3, -0.25) is 4.79 Å². The fourth-order valence-corrected chi connectivity index (χ4v) is 3.83. The van der Waals surface area contributed by atoms with Gasteiger partial charge in [-0.2, -0.15) is 5.10 Å². The van der Waals surface area contributed by atoms with E-state index in [-0.39, 0.29) is 12.7 Å². The summed E-state index contributed by atoms with van der Waals surface area (Å²) in [5, 5.41) is 4.08. The monoisotopic (exact) mass is 490 g/mol. The molecule has 0 aromatic heterocycles. The van der Waals surface area contributed by atoms with Crippen molar-refractivity contribution < 1.29 is 28.5 Å². The lowest BCUT2D eigenvalue weighted by Crippen LogP contribution is -2.17. The molecule has 1 N–H and O–H groups in total. The van der Waals surface area contributed by atoms with E-state index >= 15 is 0 Å². The van der Waals surface area contributed by atoms with E-state index in [0.717, 1.165) is 41.0 Å². The highest BCUT2D eigenvalue weighted by molar-refractivity contribution is 5.83. The number of hydrogen-bond acceptors (Lipinski definition) is 7. The summed E-state index contributed by atoms with van der Waals surface area (Å²) in [6, 6.07) is 17.1. The number of nitrogens with one attached hydrogen (secondary N) is 1. The zero-order valence-corrected chi connectivity index (χ0v) is 20.7. The maximum Gasteiger partial charge on any atom is 0.240 e. The van der Waals surface area contributed by atoms with Gasteiger partial charge >= 0.3 is 0 Å². The Morgan fingerprint density at radius 2 is 1.86 bits per heavy atom. The predicted octanol–water partition coefficient (Wildman–Crippen LogP) is 4.79. The Kier molecular flexibility index (Phi) is 8.28. The Bertz CT molecular complexity index is 1240. The minimum absolute atomic E-state index is 0.131. The third kappa shape index (κ3) is 6.47. The number of fused-ring (bicyclic) bond motifs is 1. The van der Waals surface area contributed by atoms with Crippen LogP contribution in [0.2, 0.25) is 0 Å². The molecule has 4 rings (SSSR count). The molecule has 1 aliphatic heterocycles. The maximum absolute atomic E-state index is 12.2. The number of ether oxygens (including phenoxy) is 5. The lowest BCUT2D eigenvalue weighted by atomic mass is 10.0. The molecule has 0 saturated heterocycles. The molecule has 3 aromatic carbocycles. The van der Waals surface area contributed by atoms with Gasteiger partial charge in [0.25, 0.3) is 0 Å². The molecule has 0 spiro atoms. The average Bonchev–Trinajstić information content (AvgIpc) is 3.36. The van der Waals surface area contributed by atoms with Gasteiger partial charge in [0.05, 0.1) is 20.4 Å². The fraction of sp³-hybridized carbons (Fsp3) is 0.286. The summed E-state index contributed by atoms with van der Waals surface area (Å²) < 4.78 is 27.4. The smallest absolute Gasteiger partial charge is 0.240 e. The zero-order valence-electron chi connectivity index (χ0n) is 20.7. The van der Waals surface area contributed by atoms with Crippen molar-refractivity contribution >= 4 is 12.1 Å².